The molecule has 18 heavy (non-hydrogen) atoms. The summed E-state index contributed by atoms with van der Waals surface area (Å²) in [6.45, 7) is 0. The fourth-order valence-corrected chi connectivity index (χ4v) is 1.43. The van der Waals surface area contributed by atoms with Gasteiger partial charge < -0.3 is 0 Å². The third-order valence-corrected chi connectivity index (χ3v) is 2.25. The number of nitrogens with zero attached hydrogens (tertiary/aromatic N) is 4. The zero-order valence-corrected chi connectivity index (χ0v) is 8.87. The van der Waals surface area contributed by atoms with Crippen molar-refractivity contribution in [1.29, 1.82) is 5.26 Å². The average Bonchev–Trinajstić information content (AvgIpc) is 2.39. The van der Waals surface area contributed by atoms with E-state index in [1.807, 2.05) is 6.07 Å². The van der Waals surface area contributed by atoms with Gasteiger partial charge in [-0.25, -0.2) is 14.4 Å². The first-order valence-corrected chi connectivity index (χ1v) is 4.78. The molecule has 1 heterocycles. The summed E-state index contributed by atoms with van der Waals surface area (Å²) < 4.78 is 13.6. The first-order chi connectivity index (χ1) is 8.63. The SMILES string of the molecule is N#Cc1cncnc1-c1cc([N+](=O)[O-])ccc1F. The molecule has 0 amide bonds. The summed E-state index contributed by atoms with van der Waals surface area (Å²) in [5.41, 5.74) is -0.275. The quantitative estimate of drug-likeness (QED) is 0.595. The smallest absolute Gasteiger partial charge is 0.258 e. The Balaban J connectivity index is 2.67. The Bertz CT molecular complexity index is 666. The molecule has 0 spiro atoms. The van der Waals surface area contributed by atoms with Gasteiger partial charge in [0.2, 0.25) is 0 Å². The van der Waals surface area contributed by atoms with Crippen LogP contribution >= 0.6 is 0 Å². The van der Waals surface area contributed by atoms with Crippen molar-refractivity contribution < 1.29 is 9.31 Å². The number of hydrogen-bond acceptors (Lipinski definition) is 5. The van der Waals surface area contributed by atoms with Crippen LogP contribution in [0.2, 0.25) is 0 Å². The second kappa shape index (κ2) is 4.55. The van der Waals surface area contributed by atoms with Crippen LogP contribution in [0.15, 0.2) is 30.7 Å². The Hall–Kier alpha value is -2.88. The fourth-order valence-electron chi connectivity index (χ4n) is 1.43. The summed E-state index contributed by atoms with van der Waals surface area (Å²) in [5, 5.41) is 19.5. The molecule has 0 fully saturated rings. The third kappa shape index (κ3) is 1.99. The summed E-state index contributed by atoms with van der Waals surface area (Å²) in [7, 11) is 0. The van der Waals surface area contributed by atoms with Crippen LogP contribution in [0.25, 0.3) is 11.3 Å². The minimum atomic E-state index is -0.684. The van der Waals surface area contributed by atoms with Gasteiger partial charge in [-0.1, -0.05) is 0 Å². The first kappa shape index (κ1) is 11.6. The molecule has 0 aliphatic rings. The van der Waals surface area contributed by atoms with Crippen LogP contribution in [0.1, 0.15) is 5.56 Å². The molecule has 88 valence electrons. The molecule has 0 unspecified atom stereocenters. The molecule has 0 bridgehead atoms. The van der Waals surface area contributed by atoms with Crippen molar-refractivity contribution >= 4 is 5.69 Å². The first-order valence-electron chi connectivity index (χ1n) is 4.78. The molecule has 0 saturated heterocycles. The van der Waals surface area contributed by atoms with Crippen molar-refractivity contribution in [3.8, 4) is 17.3 Å². The van der Waals surface area contributed by atoms with E-state index >= 15 is 0 Å². The monoisotopic (exact) mass is 244 g/mol. The van der Waals surface area contributed by atoms with Crippen molar-refractivity contribution in [3.05, 3.63) is 52.2 Å². The highest BCUT2D eigenvalue weighted by molar-refractivity contribution is 5.68. The lowest BCUT2D eigenvalue weighted by Gasteiger charge is -2.03. The van der Waals surface area contributed by atoms with Crippen molar-refractivity contribution in [1.82, 2.24) is 9.97 Å². The molecule has 0 N–H and O–H groups in total. The topological polar surface area (TPSA) is 92.7 Å². The molecule has 0 saturated carbocycles. The number of non-ortho nitro benzene ring substituents is 1. The van der Waals surface area contributed by atoms with E-state index in [2.05, 4.69) is 9.97 Å². The van der Waals surface area contributed by atoms with Crippen LogP contribution in [0.3, 0.4) is 0 Å². The van der Waals surface area contributed by atoms with Gasteiger partial charge >= 0.3 is 0 Å². The van der Waals surface area contributed by atoms with E-state index in [9.17, 15) is 14.5 Å². The minimum Gasteiger partial charge on any atom is -0.258 e. The summed E-state index contributed by atoms with van der Waals surface area (Å²) >= 11 is 0. The average molecular weight is 244 g/mol. The second-order valence-corrected chi connectivity index (χ2v) is 3.32. The van der Waals surface area contributed by atoms with Crippen LogP contribution in [-0.4, -0.2) is 14.9 Å². The van der Waals surface area contributed by atoms with Gasteiger partial charge in [0.25, 0.3) is 5.69 Å². The largest absolute Gasteiger partial charge is 0.270 e. The van der Waals surface area contributed by atoms with Gasteiger partial charge in [-0.2, -0.15) is 5.26 Å². The number of rotatable bonds is 2. The highest BCUT2D eigenvalue weighted by Gasteiger charge is 2.16. The normalized spacial score (nSPS) is 9.78. The van der Waals surface area contributed by atoms with E-state index in [1.165, 1.54) is 6.20 Å². The molecule has 7 heteroatoms. The fraction of sp³-hybridized carbons (Fsp3) is 0. The Morgan fingerprint density at radius 3 is 2.89 bits per heavy atom. The molecular weight excluding hydrogens is 239 g/mol. The summed E-state index contributed by atoms with van der Waals surface area (Å²) in [4.78, 5) is 17.4. The van der Waals surface area contributed by atoms with E-state index in [0.717, 1.165) is 24.5 Å². The van der Waals surface area contributed by atoms with E-state index in [4.69, 9.17) is 5.26 Å². The summed E-state index contributed by atoms with van der Waals surface area (Å²) in [6, 6.07) is 4.87. The number of halogens is 1. The number of benzene rings is 1. The number of aromatic nitrogens is 2. The predicted octanol–water partition coefficient (Wildman–Crippen LogP) is 2.06. The van der Waals surface area contributed by atoms with Crippen molar-refractivity contribution in [2.45, 2.75) is 0 Å². The summed E-state index contributed by atoms with van der Waals surface area (Å²) in [5.74, 6) is -0.684. The van der Waals surface area contributed by atoms with Gasteiger partial charge in [0, 0.05) is 23.9 Å². The highest BCUT2D eigenvalue weighted by Crippen LogP contribution is 2.27. The van der Waals surface area contributed by atoms with Crippen molar-refractivity contribution in [2.75, 3.05) is 0 Å². The molecule has 0 aliphatic heterocycles. The van der Waals surface area contributed by atoms with E-state index < -0.39 is 10.7 Å². The van der Waals surface area contributed by atoms with E-state index in [1.54, 1.807) is 0 Å². The molecule has 2 rings (SSSR count). The van der Waals surface area contributed by atoms with Crippen LogP contribution in [0.4, 0.5) is 10.1 Å². The number of nitro groups is 1. The van der Waals surface area contributed by atoms with E-state index in [-0.39, 0.29) is 22.5 Å². The van der Waals surface area contributed by atoms with Crippen LogP contribution < -0.4 is 0 Å². The zero-order valence-electron chi connectivity index (χ0n) is 8.87. The maximum absolute atomic E-state index is 13.6. The lowest BCUT2D eigenvalue weighted by molar-refractivity contribution is -0.384. The third-order valence-electron chi connectivity index (χ3n) is 2.25. The zero-order chi connectivity index (χ0) is 13.1. The molecule has 6 nitrogen and oxygen atoms in total. The molecule has 2 aromatic rings. The van der Waals surface area contributed by atoms with E-state index in [0.29, 0.717) is 0 Å². The lowest BCUT2D eigenvalue weighted by atomic mass is 10.1. The van der Waals surface area contributed by atoms with Gasteiger partial charge in [-0.05, 0) is 6.07 Å². The number of nitriles is 1. The van der Waals surface area contributed by atoms with Crippen molar-refractivity contribution in [2.24, 2.45) is 0 Å². The molecule has 1 aromatic heterocycles. The van der Waals surface area contributed by atoms with Crippen LogP contribution in [-0.2, 0) is 0 Å². The Labute approximate surface area is 101 Å². The number of hydrogen-bond donors (Lipinski definition) is 0. The van der Waals surface area contributed by atoms with Gasteiger partial charge in [0.15, 0.2) is 0 Å². The van der Waals surface area contributed by atoms with Gasteiger partial charge in [-0.3, -0.25) is 10.1 Å². The Kier molecular flexibility index (Phi) is 2.93. The van der Waals surface area contributed by atoms with Crippen LogP contribution in [0, 0.1) is 27.3 Å². The van der Waals surface area contributed by atoms with Crippen LogP contribution in [0.5, 0.6) is 0 Å². The maximum atomic E-state index is 13.6. The Morgan fingerprint density at radius 2 is 2.22 bits per heavy atom. The molecule has 0 radical (unpaired) electrons. The van der Waals surface area contributed by atoms with Gasteiger partial charge in [-0.15, -0.1) is 0 Å². The number of nitro benzene ring substituents is 1. The Morgan fingerprint density at radius 1 is 1.44 bits per heavy atom. The minimum absolute atomic E-state index is 0.0358. The van der Waals surface area contributed by atoms with Gasteiger partial charge in [0.05, 0.1) is 16.2 Å². The lowest BCUT2D eigenvalue weighted by Crippen LogP contribution is -1.95. The molecule has 1 aromatic carbocycles. The highest BCUT2D eigenvalue weighted by atomic mass is 19.1. The summed E-state index contributed by atoms with van der Waals surface area (Å²) in [6.07, 6.45) is 2.37. The second-order valence-electron chi connectivity index (χ2n) is 3.32. The molecular formula is C11H5FN4O2. The predicted molar refractivity (Wildman–Crippen MR) is 58.8 cm³/mol. The standard InChI is InChI=1S/C11H5FN4O2/c12-10-2-1-8(16(17)18)3-9(10)11-7(4-13)5-14-6-15-11/h1-3,5-6H. The van der Waals surface area contributed by atoms with Gasteiger partial charge in [0.1, 0.15) is 18.2 Å². The molecule has 0 atom stereocenters. The maximum Gasteiger partial charge on any atom is 0.270 e. The molecule has 0 aliphatic carbocycles. The van der Waals surface area contributed by atoms with Crippen molar-refractivity contribution in [3.63, 3.8) is 0 Å².